The van der Waals surface area contributed by atoms with Gasteiger partial charge in [-0.2, -0.15) is 9.97 Å². The third-order valence-corrected chi connectivity index (χ3v) is 10.0. The Morgan fingerprint density at radius 2 is 2.04 bits per heavy atom. The summed E-state index contributed by atoms with van der Waals surface area (Å²) >= 11 is 0.903. The average Bonchev–Trinajstić information content (AvgIpc) is 3.65. The number of anilines is 2. The Labute approximate surface area is 264 Å². The van der Waals surface area contributed by atoms with E-state index in [1.165, 1.54) is 17.8 Å². The first kappa shape index (κ1) is 35.4. The summed E-state index contributed by atoms with van der Waals surface area (Å²) in [6, 6.07) is 0.261. The molecule has 1 saturated heterocycles. The first-order valence-electron chi connectivity index (χ1n) is 14.6. The molecule has 0 spiro atoms. The monoisotopic (exact) mass is 675 g/mol. The zero-order chi connectivity index (χ0) is 33.0. The highest BCUT2D eigenvalue weighted by Crippen LogP contribution is 2.46. The van der Waals surface area contributed by atoms with E-state index in [-0.39, 0.29) is 61.3 Å². The summed E-state index contributed by atoms with van der Waals surface area (Å²) < 4.78 is 37.1. The largest absolute Gasteiger partial charge is 0.466 e. The molecule has 5 atom stereocenters. The molecule has 1 saturated carbocycles. The van der Waals surface area contributed by atoms with E-state index >= 15 is 0 Å². The Kier molecular flexibility index (Phi) is 11.5. The van der Waals surface area contributed by atoms with Crippen molar-refractivity contribution in [2.24, 2.45) is 5.41 Å². The quantitative estimate of drug-likeness (QED) is 0.0777. The topological polar surface area (TPSA) is 242 Å². The number of nitrogens with one attached hydrogen (secondary N) is 2. The molecular weight excluding hydrogens is 633 g/mol. The van der Waals surface area contributed by atoms with Crippen molar-refractivity contribution in [1.29, 1.82) is 0 Å². The van der Waals surface area contributed by atoms with Crippen molar-refractivity contribution in [1.82, 2.24) is 24.6 Å². The van der Waals surface area contributed by atoms with Crippen LogP contribution in [0.1, 0.15) is 53.2 Å². The molecule has 3 heterocycles. The van der Waals surface area contributed by atoms with Crippen LogP contribution in [-0.4, -0.2) is 108 Å². The van der Waals surface area contributed by atoms with Crippen molar-refractivity contribution in [2.45, 2.75) is 77.0 Å². The fourth-order valence-corrected chi connectivity index (χ4v) is 6.63. The summed E-state index contributed by atoms with van der Waals surface area (Å²) in [6.45, 7) is 5.29. The van der Waals surface area contributed by atoms with E-state index in [4.69, 9.17) is 24.3 Å². The van der Waals surface area contributed by atoms with Gasteiger partial charge in [0.2, 0.25) is 5.95 Å². The Hall–Kier alpha value is -2.41. The van der Waals surface area contributed by atoms with Crippen LogP contribution in [0.3, 0.4) is 0 Å². The first-order valence-corrected chi connectivity index (χ1v) is 17.1. The number of carbonyl (C=O) groups excluding carboxylic acids is 2. The standard InChI is InChI=1S/C26H42N7O10PS/c1-5-40-17(35)8-9-29-44(39,41-10-11-45-23(37)25(2,3)13-34)42-12-16-19(36)26(4,38)22(43-16)33-14-28-18-20(30-15-6-7-15)31-24(27)32-21(18)33/h14-16,19,22,34,36,38H,5-13H2,1-4H3,(H,29,39)(H3,27,30,31,32)/t16-,19?,22?,26+,44?/m1/s1. The molecule has 19 heteroatoms. The van der Waals surface area contributed by atoms with Crippen LogP contribution < -0.4 is 16.1 Å². The SMILES string of the molecule is CCOC(=O)CCNP(=O)(OCCSC(=O)C(C)(C)CO)OC[C@H]1OC(n2cnc3c(NC4CC4)nc(N)nc32)[C@@](C)(O)C1O. The van der Waals surface area contributed by atoms with E-state index in [1.54, 1.807) is 20.8 Å². The Balaban J connectivity index is 1.44. The van der Waals surface area contributed by atoms with Gasteiger partial charge in [-0.15, -0.1) is 0 Å². The molecule has 2 fully saturated rings. The molecular formula is C26H42N7O10PS. The number of imidazole rings is 1. The van der Waals surface area contributed by atoms with E-state index in [2.05, 4.69) is 25.4 Å². The van der Waals surface area contributed by atoms with Crippen LogP contribution in [0.15, 0.2) is 6.33 Å². The second kappa shape index (κ2) is 14.6. The van der Waals surface area contributed by atoms with Gasteiger partial charge < -0.3 is 35.8 Å². The number of thioether (sulfide) groups is 1. The number of aromatic nitrogens is 4. The van der Waals surface area contributed by atoms with Crippen LogP contribution in [0.25, 0.3) is 11.2 Å². The van der Waals surface area contributed by atoms with E-state index in [9.17, 15) is 29.5 Å². The Bertz CT molecular complexity index is 1410. The summed E-state index contributed by atoms with van der Waals surface area (Å²) in [7, 11) is -4.13. The van der Waals surface area contributed by atoms with Crippen LogP contribution in [0, 0.1) is 5.41 Å². The molecule has 2 aromatic rings. The number of nitrogens with two attached hydrogens (primary N) is 1. The van der Waals surface area contributed by atoms with Gasteiger partial charge >= 0.3 is 13.7 Å². The van der Waals surface area contributed by atoms with Gasteiger partial charge in [0.25, 0.3) is 0 Å². The maximum atomic E-state index is 13.6. The van der Waals surface area contributed by atoms with Crippen molar-refractivity contribution in [3.8, 4) is 0 Å². The molecule has 7 N–H and O–H groups in total. The summed E-state index contributed by atoms with van der Waals surface area (Å²) in [6.07, 6.45) is -0.634. The lowest BCUT2D eigenvalue weighted by molar-refractivity contribution is -0.142. The summed E-state index contributed by atoms with van der Waals surface area (Å²) in [5.41, 5.74) is 3.80. The molecule has 1 aliphatic heterocycles. The number of carbonyl (C=O) groups is 2. The zero-order valence-electron chi connectivity index (χ0n) is 25.7. The number of ether oxygens (including phenoxy) is 2. The zero-order valence-corrected chi connectivity index (χ0v) is 27.4. The molecule has 0 aromatic carbocycles. The number of hydrogen-bond donors (Lipinski definition) is 6. The van der Waals surface area contributed by atoms with Gasteiger partial charge in [0, 0.05) is 18.3 Å². The second-order valence-electron chi connectivity index (χ2n) is 11.6. The lowest BCUT2D eigenvalue weighted by Crippen LogP contribution is -2.44. The minimum absolute atomic E-state index is 0.0164. The normalized spacial score (nSPS) is 24.9. The highest BCUT2D eigenvalue weighted by molar-refractivity contribution is 8.13. The van der Waals surface area contributed by atoms with Crippen molar-refractivity contribution in [3.05, 3.63) is 6.33 Å². The fraction of sp³-hybridized carbons (Fsp3) is 0.731. The number of rotatable bonds is 17. The van der Waals surface area contributed by atoms with Crippen molar-refractivity contribution in [3.63, 3.8) is 0 Å². The van der Waals surface area contributed by atoms with Gasteiger partial charge in [0.05, 0.1) is 44.6 Å². The number of hydrogen-bond acceptors (Lipinski definition) is 16. The number of aliphatic hydroxyl groups excluding tert-OH is 2. The van der Waals surface area contributed by atoms with Crippen LogP contribution in [0.5, 0.6) is 0 Å². The summed E-state index contributed by atoms with van der Waals surface area (Å²) in [5, 5.41) is 37.3. The molecule has 3 unspecified atom stereocenters. The lowest BCUT2D eigenvalue weighted by atomic mass is 9.96. The number of nitrogens with zero attached hydrogens (tertiary/aromatic N) is 4. The van der Waals surface area contributed by atoms with E-state index < -0.39 is 49.8 Å². The van der Waals surface area contributed by atoms with Gasteiger partial charge in [0.1, 0.15) is 17.8 Å². The molecule has 252 valence electrons. The minimum Gasteiger partial charge on any atom is -0.466 e. The highest BCUT2D eigenvalue weighted by Gasteiger charge is 2.54. The Morgan fingerprint density at radius 3 is 2.71 bits per heavy atom. The summed E-state index contributed by atoms with van der Waals surface area (Å²) in [4.78, 5) is 37.0. The third kappa shape index (κ3) is 8.69. The maximum Gasteiger partial charge on any atom is 0.405 e. The van der Waals surface area contributed by atoms with Crippen LogP contribution in [0.4, 0.5) is 11.8 Å². The number of esters is 1. The van der Waals surface area contributed by atoms with Gasteiger partial charge in [-0.3, -0.25) is 23.2 Å². The molecule has 0 bridgehead atoms. The molecule has 0 amide bonds. The highest BCUT2D eigenvalue weighted by atomic mass is 32.2. The maximum absolute atomic E-state index is 13.6. The van der Waals surface area contributed by atoms with E-state index in [0.29, 0.717) is 11.3 Å². The first-order chi connectivity index (χ1) is 21.2. The molecule has 2 aromatic heterocycles. The van der Waals surface area contributed by atoms with Gasteiger partial charge in [-0.25, -0.2) is 14.6 Å². The van der Waals surface area contributed by atoms with Gasteiger partial charge in [-0.1, -0.05) is 11.8 Å². The molecule has 1 aliphatic carbocycles. The third-order valence-electron chi connectivity index (χ3n) is 7.24. The molecule has 4 rings (SSSR count). The van der Waals surface area contributed by atoms with Gasteiger partial charge in [-0.05, 0) is 40.5 Å². The smallest absolute Gasteiger partial charge is 0.405 e. The lowest BCUT2D eigenvalue weighted by Gasteiger charge is -2.27. The number of nitrogen functional groups attached to an aromatic ring is 1. The fourth-order valence-electron chi connectivity index (χ4n) is 4.38. The molecule has 0 radical (unpaired) electrons. The molecule has 45 heavy (non-hydrogen) atoms. The minimum atomic E-state index is -4.13. The van der Waals surface area contributed by atoms with Crippen LogP contribution in [0.2, 0.25) is 0 Å². The van der Waals surface area contributed by atoms with Crippen LogP contribution >= 0.6 is 19.5 Å². The van der Waals surface area contributed by atoms with Crippen molar-refractivity contribution in [2.75, 3.05) is 49.8 Å². The van der Waals surface area contributed by atoms with Crippen LogP contribution in [-0.2, 0) is 32.7 Å². The predicted molar refractivity (Wildman–Crippen MR) is 164 cm³/mol. The Morgan fingerprint density at radius 1 is 1.31 bits per heavy atom. The molecule has 2 aliphatic rings. The van der Waals surface area contributed by atoms with Gasteiger partial charge in [0.15, 0.2) is 28.3 Å². The predicted octanol–water partition coefficient (Wildman–Crippen LogP) is 0.955. The second-order valence-corrected chi connectivity index (χ2v) is 14.5. The van der Waals surface area contributed by atoms with E-state index in [1.807, 2.05) is 0 Å². The molecule has 17 nitrogen and oxygen atoms in total. The van der Waals surface area contributed by atoms with Crippen molar-refractivity contribution >= 4 is 53.5 Å². The number of aliphatic hydroxyl groups is 3. The average molecular weight is 676 g/mol. The van der Waals surface area contributed by atoms with E-state index in [0.717, 1.165) is 24.6 Å². The van der Waals surface area contributed by atoms with Crippen molar-refractivity contribution < 1.29 is 48.0 Å². The number of fused-ring (bicyclic) bond motifs is 1. The summed E-state index contributed by atoms with van der Waals surface area (Å²) in [5.74, 6) is 0.0100.